The fourth-order valence-corrected chi connectivity index (χ4v) is 3.24. The summed E-state index contributed by atoms with van der Waals surface area (Å²) < 4.78 is 2.01. The van der Waals surface area contributed by atoms with Gasteiger partial charge in [-0.3, -0.25) is 4.40 Å². The molecule has 2 aromatic heterocycles. The van der Waals surface area contributed by atoms with E-state index in [0.29, 0.717) is 18.5 Å². The molecule has 1 aliphatic rings. The summed E-state index contributed by atoms with van der Waals surface area (Å²) in [6.07, 6.45) is 10.4. The average molecular weight is 277 g/mol. The lowest BCUT2D eigenvalue weighted by molar-refractivity contribution is 0.412. The van der Waals surface area contributed by atoms with E-state index in [2.05, 4.69) is 15.3 Å². The van der Waals surface area contributed by atoms with Gasteiger partial charge in [0.2, 0.25) is 0 Å². The first-order chi connectivity index (χ1) is 9.31. The minimum Gasteiger partial charge on any atom is -0.370 e. The quantitative estimate of drug-likeness (QED) is 0.667. The van der Waals surface area contributed by atoms with Crippen molar-refractivity contribution in [2.75, 3.05) is 0 Å². The second kappa shape index (κ2) is 5.61. The number of aliphatic imine (C=N–C) groups is 1. The molecule has 1 saturated carbocycles. The Morgan fingerprint density at radius 1 is 1.47 bits per heavy atom. The highest BCUT2D eigenvalue weighted by atomic mass is 32.1. The van der Waals surface area contributed by atoms with Gasteiger partial charge in [0.15, 0.2) is 10.9 Å². The number of aromatic nitrogens is 2. The predicted molar refractivity (Wildman–Crippen MR) is 78.4 cm³/mol. The van der Waals surface area contributed by atoms with Crippen LogP contribution in [-0.2, 0) is 6.54 Å². The Morgan fingerprint density at radius 3 is 3.11 bits per heavy atom. The molecule has 6 heteroatoms. The van der Waals surface area contributed by atoms with Gasteiger partial charge in [0.25, 0.3) is 0 Å². The number of nitrogens with one attached hydrogen (secondary N) is 1. The average Bonchev–Trinajstić information content (AvgIpc) is 2.98. The molecule has 0 spiro atoms. The first-order valence-electron chi connectivity index (χ1n) is 6.79. The number of guanidine groups is 1. The van der Waals surface area contributed by atoms with Crippen LogP contribution in [0.4, 0.5) is 0 Å². The number of fused-ring (bicyclic) bond motifs is 1. The third kappa shape index (κ3) is 3.07. The number of imidazole rings is 1. The summed E-state index contributed by atoms with van der Waals surface area (Å²) in [5.74, 6) is 0.545. The SMILES string of the molecule is NC(=NCc1cn2ccsc2n1)NC1CCCCC1. The molecule has 0 aromatic carbocycles. The predicted octanol–water partition coefficient (Wildman–Crippen LogP) is 2.13. The van der Waals surface area contributed by atoms with Crippen molar-refractivity contribution in [3.05, 3.63) is 23.5 Å². The van der Waals surface area contributed by atoms with E-state index in [9.17, 15) is 0 Å². The van der Waals surface area contributed by atoms with Crippen LogP contribution >= 0.6 is 11.3 Å². The largest absolute Gasteiger partial charge is 0.370 e. The van der Waals surface area contributed by atoms with E-state index >= 15 is 0 Å². The van der Waals surface area contributed by atoms with E-state index in [0.717, 1.165) is 10.7 Å². The highest BCUT2D eigenvalue weighted by Gasteiger charge is 2.13. The van der Waals surface area contributed by atoms with Gasteiger partial charge in [0.1, 0.15) is 0 Å². The summed E-state index contributed by atoms with van der Waals surface area (Å²) in [7, 11) is 0. The van der Waals surface area contributed by atoms with Crippen LogP contribution in [0.3, 0.4) is 0 Å². The monoisotopic (exact) mass is 277 g/mol. The second-order valence-electron chi connectivity index (χ2n) is 5.01. The van der Waals surface area contributed by atoms with E-state index in [1.54, 1.807) is 11.3 Å². The number of nitrogens with zero attached hydrogens (tertiary/aromatic N) is 3. The van der Waals surface area contributed by atoms with Gasteiger partial charge in [0.05, 0.1) is 12.2 Å². The smallest absolute Gasteiger partial charge is 0.193 e. The Morgan fingerprint density at radius 2 is 2.32 bits per heavy atom. The van der Waals surface area contributed by atoms with Crippen molar-refractivity contribution in [3.63, 3.8) is 0 Å². The number of nitrogens with two attached hydrogens (primary N) is 1. The molecular formula is C13H19N5S. The molecular weight excluding hydrogens is 258 g/mol. The van der Waals surface area contributed by atoms with Gasteiger partial charge < -0.3 is 11.1 Å². The molecule has 0 atom stereocenters. The molecule has 0 radical (unpaired) electrons. The summed E-state index contributed by atoms with van der Waals surface area (Å²) in [6.45, 7) is 0.542. The Balaban J connectivity index is 1.57. The molecule has 5 nitrogen and oxygen atoms in total. The molecule has 0 saturated heterocycles. The molecule has 0 unspecified atom stereocenters. The van der Waals surface area contributed by atoms with Crippen molar-refractivity contribution in [2.24, 2.45) is 10.7 Å². The second-order valence-corrected chi connectivity index (χ2v) is 5.88. The first kappa shape index (κ1) is 12.5. The number of rotatable bonds is 3. The molecule has 0 aliphatic heterocycles. The molecule has 2 heterocycles. The van der Waals surface area contributed by atoms with Crippen molar-refractivity contribution in [2.45, 2.75) is 44.7 Å². The Kier molecular flexibility index (Phi) is 3.68. The highest BCUT2D eigenvalue weighted by Crippen LogP contribution is 2.17. The molecule has 102 valence electrons. The third-order valence-corrected chi connectivity index (χ3v) is 4.28. The van der Waals surface area contributed by atoms with Crippen LogP contribution < -0.4 is 11.1 Å². The van der Waals surface area contributed by atoms with E-state index in [1.165, 1.54) is 32.1 Å². The summed E-state index contributed by atoms with van der Waals surface area (Å²) in [5.41, 5.74) is 6.89. The molecule has 1 fully saturated rings. The summed E-state index contributed by atoms with van der Waals surface area (Å²) in [6, 6.07) is 0.503. The van der Waals surface area contributed by atoms with Gasteiger partial charge in [-0.1, -0.05) is 19.3 Å². The van der Waals surface area contributed by atoms with Crippen LogP contribution in [0.1, 0.15) is 37.8 Å². The summed E-state index contributed by atoms with van der Waals surface area (Å²) >= 11 is 1.63. The van der Waals surface area contributed by atoms with Gasteiger partial charge in [0, 0.05) is 23.8 Å². The highest BCUT2D eigenvalue weighted by molar-refractivity contribution is 7.15. The van der Waals surface area contributed by atoms with Crippen LogP contribution in [-0.4, -0.2) is 21.4 Å². The maximum Gasteiger partial charge on any atom is 0.193 e. The summed E-state index contributed by atoms with van der Waals surface area (Å²) in [4.78, 5) is 9.86. The number of hydrogen-bond acceptors (Lipinski definition) is 3. The fourth-order valence-electron chi connectivity index (χ4n) is 2.52. The lowest BCUT2D eigenvalue weighted by Gasteiger charge is -2.23. The van der Waals surface area contributed by atoms with Crippen LogP contribution in [0.2, 0.25) is 0 Å². The molecule has 3 rings (SSSR count). The first-order valence-corrected chi connectivity index (χ1v) is 7.67. The Bertz CT molecular complexity index is 536. The Labute approximate surface area is 116 Å². The fraction of sp³-hybridized carbons (Fsp3) is 0.538. The van der Waals surface area contributed by atoms with Crippen molar-refractivity contribution in [3.8, 4) is 0 Å². The molecule has 19 heavy (non-hydrogen) atoms. The maximum atomic E-state index is 5.93. The Hall–Kier alpha value is -1.56. The van der Waals surface area contributed by atoms with Gasteiger partial charge in [-0.2, -0.15) is 0 Å². The lowest BCUT2D eigenvalue weighted by atomic mass is 9.96. The number of thiazole rings is 1. The van der Waals surface area contributed by atoms with Crippen molar-refractivity contribution in [1.82, 2.24) is 14.7 Å². The third-order valence-electron chi connectivity index (χ3n) is 3.51. The molecule has 0 amide bonds. The zero-order chi connectivity index (χ0) is 13.1. The zero-order valence-electron chi connectivity index (χ0n) is 10.9. The molecule has 3 N–H and O–H groups in total. The zero-order valence-corrected chi connectivity index (χ0v) is 11.7. The molecule has 0 bridgehead atoms. The van der Waals surface area contributed by atoms with Crippen LogP contribution in [0, 0.1) is 0 Å². The molecule has 1 aliphatic carbocycles. The van der Waals surface area contributed by atoms with Gasteiger partial charge in [-0.25, -0.2) is 9.98 Å². The summed E-state index contributed by atoms with van der Waals surface area (Å²) in [5, 5.41) is 5.33. The maximum absolute atomic E-state index is 5.93. The van der Waals surface area contributed by atoms with E-state index < -0.39 is 0 Å². The van der Waals surface area contributed by atoms with Gasteiger partial charge in [-0.05, 0) is 12.8 Å². The van der Waals surface area contributed by atoms with E-state index in [-0.39, 0.29) is 0 Å². The lowest BCUT2D eigenvalue weighted by Crippen LogP contribution is -2.41. The van der Waals surface area contributed by atoms with Crippen molar-refractivity contribution in [1.29, 1.82) is 0 Å². The van der Waals surface area contributed by atoms with Crippen molar-refractivity contribution < 1.29 is 0 Å². The van der Waals surface area contributed by atoms with Crippen LogP contribution in [0.25, 0.3) is 4.96 Å². The minimum atomic E-state index is 0.503. The van der Waals surface area contributed by atoms with Crippen molar-refractivity contribution >= 4 is 22.3 Å². The van der Waals surface area contributed by atoms with Crippen LogP contribution in [0.15, 0.2) is 22.8 Å². The molecule has 2 aromatic rings. The van der Waals surface area contributed by atoms with E-state index in [1.807, 2.05) is 22.2 Å². The van der Waals surface area contributed by atoms with Gasteiger partial charge >= 0.3 is 0 Å². The van der Waals surface area contributed by atoms with Gasteiger partial charge in [-0.15, -0.1) is 11.3 Å². The minimum absolute atomic E-state index is 0.503. The topological polar surface area (TPSA) is 67.7 Å². The number of hydrogen-bond donors (Lipinski definition) is 2. The van der Waals surface area contributed by atoms with E-state index in [4.69, 9.17) is 5.73 Å². The normalized spacial score (nSPS) is 18.0. The standard InChI is InChI=1S/C13H19N5S/c14-12(16-10-4-2-1-3-5-10)15-8-11-9-18-6-7-19-13(18)17-11/h6-7,9-10H,1-5,8H2,(H3,14,15,16). The van der Waals surface area contributed by atoms with Crippen LogP contribution in [0.5, 0.6) is 0 Å².